The Kier molecular flexibility index (Phi) is 3.80. The Morgan fingerprint density at radius 3 is 2.32 bits per heavy atom. The first-order chi connectivity index (χ1) is 12.2. The number of hydrazone groups is 1. The minimum Gasteiger partial charge on any atom is -0.290 e. The predicted molar refractivity (Wildman–Crippen MR) is 96.4 cm³/mol. The molecule has 0 spiro atoms. The Hall–Kier alpha value is -3.01. The van der Waals surface area contributed by atoms with Crippen LogP contribution >= 0.6 is 0 Å². The van der Waals surface area contributed by atoms with Crippen LogP contribution in [0.1, 0.15) is 35.2 Å². The molecule has 2 aromatic carbocycles. The minimum atomic E-state index is -1.48. The van der Waals surface area contributed by atoms with Crippen LogP contribution in [0, 0.1) is 0 Å². The number of nitrogens with one attached hydrogen (secondary N) is 1. The van der Waals surface area contributed by atoms with E-state index in [0.29, 0.717) is 16.8 Å². The van der Waals surface area contributed by atoms with Gasteiger partial charge in [0.15, 0.2) is 0 Å². The Morgan fingerprint density at radius 2 is 1.68 bits per heavy atom. The largest absolute Gasteiger partial charge is 0.290 e. The van der Waals surface area contributed by atoms with E-state index < -0.39 is 5.54 Å². The molecule has 0 saturated carbocycles. The normalized spacial score (nSPS) is 22.3. The Labute approximate surface area is 146 Å². The van der Waals surface area contributed by atoms with Crippen molar-refractivity contribution in [3.8, 4) is 0 Å². The van der Waals surface area contributed by atoms with Crippen LogP contribution in [0.4, 0.5) is 0 Å². The second kappa shape index (κ2) is 6.13. The summed E-state index contributed by atoms with van der Waals surface area (Å²) >= 11 is 0. The van der Waals surface area contributed by atoms with Gasteiger partial charge in [0, 0.05) is 5.56 Å². The molecule has 0 bridgehead atoms. The van der Waals surface area contributed by atoms with Gasteiger partial charge in [-0.05, 0) is 30.4 Å². The zero-order valence-electron chi connectivity index (χ0n) is 13.7. The van der Waals surface area contributed by atoms with Gasteiger partial charge in [-0.2, -0.15) is 5.10 Å². The number of carbonyl (C=O) groups excluding carboxylic acids is 2. The number of rotatable bonds is 4. The van der Waals surface area contributed by atoms with Crippen molar-refractivity contribution in [2.45, 2.75) is 24.8 Å². The number of carbonyl (C=O) groups is 2. The number of Topliss-reactive ketones (excluding diaryl/α,β-unsaturated/α-hetero) is 2. The van der Waals surface area contributed by atoms with Crippen LogP contribution in [0.3, 0.4) is 0 Å². The summed E-state index contributed by atoms with van der Waals surface area (Å²) in [5.41, 5.74) is 3.87. The maximum Gasteiger partial charge on any atom is 0.222 e. The number of ketones is 2. The second-order valence-electron chi connectivity index (χ2n) is 6.33. The van der Waals surface area contributed by atoms with E-state index in [2.05, 4.69) is 10.5 Å². The zero-order valence-corrected chi connectivity index (χ0v) is 13.7. The van der Waals surface area contributed by atoms with Crippen molar-refractivity contribution < 1.29 is 9.59 Å². The minimum absolute atomic E-state index is 0.263. The van der Waals surface area contributed by atoms with E-state index >= 15 is 0 Å². The van der Waals surface area contributed by atoms with Crippen LogP contribution in [0.5, 0.6) is 0 Å². The highest BCUT2D eigenvalue weighted by Gasteiger charge is 2.53. The molecule has 0 saturated heterocycles. The fraction of sp³-hybridized carbons (Fsp3) is 0.190. The lowest BCUT2D eigenvalue weighted by atomic mass is 9.78. The van der Waals surface area contributed by atoms with Gasteiger partial charge in [0.25, 0.3) is 0 Å². The van der Waals surface area contributed by atoms with Crippen LogP contribution in [0.15, 0.2) is 77.4 Å². The molecule has 1 heterocycles. The van der Waals surface area contributed by atoms with Gasteiger partial charge >= 0.3 is 0 Å². The molecule has 2 aromatic rings. The average molecular weight is 330 g/mol. The first-order valence-corrected chi connectivity index (χ1v) is 8.48. The van der Waals surface area contributed by atoms with Gasteiger partial charge in [-0.1, -0.05) is 66.7 Å². The standard InChI is InChI=1S/C21H18N2O2/c24-19(16-11-3-1-4-12-16)21(17-13-5-2-6-14-17)20(25)18(22-23-21)15-9-7-8-10-15/h1-6,9,11-14,23H,7-8,10H2/t21-/m0/s1. The van der Waals surface area contributed by atoms with E-state index in [1.165, 1.54) is 0 Å². The van der Waals surface area contributed by atoms with Gasteiger partial charge in [0.05, 0.1) is 0 Å². The molecule has 1 atom stereocenters. The fourth-order valence-electron chi connectivity index (χ4n) is 3.50. The highest BCUT2D eigenvalue weighted by molar-refractivity contribution is 6.54. The monoisotopic (exact) mass is 330 g/mol. The zero-order chi connectivity index (χ0) is 17.3. The molecule has 1 aliphatic carbocycles. The fourth-order valence-corrected chi connectivity index (χ4v) is 3.50. The summed E-state index contributed by atoms with van der Waals surface area (Å²) < 4.78 is 0. The summed E-state index contributed by atoms with van der Waals surface area (Å²) in [5, 5.41) is 4.30. The molecule has 2 aliphatic rings. The summed E-state index contributed by atoms with van der Waals surface area (Å²) in [4.78, 5) is 26.7. The smallest absolute Gasteiger partial charge is 0.222 e. The molecule has 1 N–H and O–H groups in total. The molecule has 4 rings (SSSR count). The number of benzene rings is 2. The Balaban J connectivity index is 1.82. The number of hydrogen-bond acceptors (Lipinski definition) is 4. The number of hydrogen-bond donors (Lipinski definition) is 1. The van der Waals surface area contributed by atoms with E-state index in [-0.39, 0.29) is 11.6 Å². The van der Waals surface area contributed by atoms with Gasteiger partial charge in [-0.15, -0.1) is 0 Å². The van der Waals surface area contributed by atoms with Crippen LogP contribution < -0.4 is 5.43 Å². The van der Waals surface area contributed by atoms with Gasteiger partial charge in [-0.25, -0.2) is 0 Å². The highest BCUT2D eigenvalue weighted by atomic mass is 16.2. The topological polar surface area (TPSA) is 58.5 Å². The third kappa shape index (κ3) is 2.41. The van der Waals surface area contributed by atoms with Crippen molar-refractivity contribution in [3.05, 3.63) is 83.4 Å². The summed E-state index contributed by atoms with van der Waals surface area (Å²) in [5.74, 6) is -0.539. The second-order valence-corrected chi connectivity index (χ2v) is 6.33. The van der Waals surface area contributed by atoms with Crippen LogP contribution in [-0.2, 0) is 10.3 Å². The van der Waals surface area contributed by atoms with E-state index in [0.717, 1.165) is 24.8 Å². The van der Waals surface area contributed by atoms with E-state index in [1.807, 2.05) is 30.3 Å². The van der Waals surface area contributed by atoms with Crippen molar-refractivity contribution in [1.82, 2.24) is 5.43 Å². The number of allylic oxidation sites excluding steroid dienone is 2. The van der Waals surface area contributed by atoms with Crippen molar-refractivity contribution in [3.63, 3.8) is 0 Å². The predicted octanol–water partition coefficient (Wildman–Crippen LogP) is 3.40. The SMILES string of the molecule is O=C1C(C2=CCCC2)=NN[C@]1(C(=O)c1ccccc1)c1ccccc1. The summed E-state index contributed by atoms with van der Waals surface area (Å²) in [7, 11) is 0. The van der Waals surface area contributed by atoms with E-state index in [4.69, 9.17) is 0 Å². The molecule has 0 aromatic heterocycles. The third-order valence-corrected chi connectivity index (χ3v) is 4.82. The van der Waals surface area contributed by atoms with Gasteiger partial charge in [0.2, 0.25) is 17.1 Å². The van der Waals surface area contributed by atoms with Gasteiger partial charge < -0.3 is 0 Å². The summed E-state index contributed by atoms with van der Waals surface area (Å²) in [6.07, 6.45) is 4.85. The lowest BCUT2D eigenvalue weighted by Gasteiger charge is -2.26. The Bertz CT molecular complexity index is 885. The molecule has 1 aliphatic heterocycles. The average Bonchev–Trinajstić information content (AvgIpc) is 3.31. The highest BCUT2D eigenvalue weighted by Crippen LogP contribution is 2.34. The van der Waals surface area contributed by atoms with Crippen molar-refractivity contribution in [2.24, 2.45) is 5.10 Å². The molecule has 0 radical (unpaired) electrons. The van der Waals surface area contributed by atoms with E-state index in [9.17, 15) is 9.59 Å². The molecular weight excluding hydrogens is 312 g/mol. The molecule has 4 heteroatoms. The first-order valence-electron chi connectivity index (χ1n) is 8.48. The lowest BCUT2D eigenvalue weighted by Crippen LogP contribution is -2.51. The maximum atomic E-state index is 13.4. The van der Waals surface area contributed by atoms with Crippen molar-refractivity contribution >= 4 is 17.3 Å². The molecule has 0 unspecified atom stereocenters. The van der Waals surface area contributed by atoms with Crippen LogP contribution in [-0.4, -0.2) is 17.3 Å². The van der Waals surface area contributed by atoms with Gasteiger partial charge in [0.1, 0.15) is 5.71 Å². The molecule has 0 amide bonds. The van der Waals surface area contributed by atoms with Crippen molar-refractivity contribution in [2.75, 3.05) is 0 Å². The quantitative estimate of drug-likeness (QED) is 0.690. The molecular formula is C21H18N2O2. The molecule has 0 fully saturated rings. The summed E-state index contributed by atoms with van der Waals surface area (Å²) in [6.45, 7) is 0. The Morgan fingerprint density at radius 1 is 1.00 bits per heavy atom. The molecule has 124 valence electrons. The van der Waals surface area contributed by atoms with Crippen molar-refractivity contribution in [1.29, 1.82) is 0 Å². The molecule has 4 nitrogen and oxygen atoms in total. The third-order valence-electron chi connectivity index (χ3n) is 4.82. The number of nitrogens with zero attached hydrogens (tertiary/aromatic N) is 1. The van der Waals surface area contributed by atoms with Crippen LogP contribution in [0.2, 0.25) is 0 Å². The van der Waals surface area contributed by atoms with Crippen LogP contribution in [0.25, 0.3) is 0 Å². The van der Waals surface area contributed by atoms with E-state index in [1.54, 1.807) is 36.4 Å². The maximum absolute atomic E-state index is 13.4. The summed E-state index contributed by atoms with van der Waals surface area (Å²) in [6, 6.07) is 18.0. The lowest BCUT2D eigenvalue weighted by molar-refractivity contribution is -0.116. The molecule has 25 heavy (non-hydrogen) atoms. The first kappa shape index (κ1) is 15.5. The van der Waals surface area contributed by atoms with Gasteiger partial charge in [-0.3, -0.25) is 15.0 Å².